The van der Waals surface area contributed by atoms with Gasteiger partial charge in [0, 0.05) is 31.5 Å². The van der Waals surface area contributed by atoms with Crippen LogP contribution in [0.3, 0.4) is 0 Å². The zero-order valence-electron chi connectivity index (χ0n) is 13.9. The minimum Gasteiger partial charge on any atom is -0.480 e. The fourth-order valence-electron chi connectivity index (χ4n) is 3.15. The smallest absolute Gasteiger partial charge is 0.326 e. The predicted molar refractivity (Wildman–Crippen MR) is 88.5 cm³/mol. The largest absolute Gasteiger partial charge is 0.480 e. The highest BCUT2D eigenvalue weighted by atomic mass is 16.4. The number of carbonyl (C=O) groups excluding carboxylic acids is 1. The standard InChI is InChI=1S/C18H21N3O3/c1-11-12(2)19-20-15(11)7-8-17(22)21-10-14-6-4-3-5-13(14)9-16(21)18(23)24/h3-6,16H,7-10H2,1-2H3,(H,19,20)(H,23,24)/t16-/m0/s1. The molecule has 6 nitrogen and oxygen atoms in total. The molecule has 2 heterocycles. The van der Waals surface area contributed by atoms with E-state index in [4.69, 9.17) is 0 Å². The average Bonchev–Trinajstić information content (AvgIpc) is 2.90. The molecule has 3 rings (SSSR count). The topological polar surface area (TPSA) is 86.3 Å². The van der Waals surface area contributed by atoms with Gasteiger partial charge in [0.1, 0.15) is 6.04 Å². The lowest BCUT2D eigenvalue weighted by atomic mass is 9.93. The number of carboxylic acids is 1. The Hall–Kier alpha value is -2.63. The molecule has 24 heavy (non-hydrogen) atoms. The van der Waals surface area contributed by atoms with Crippen molar-refractivity contribution >= 4 is 11.9 Å². The van der Waals surface area contributed by atoms with Crippen LogP contribution in [0.15, 0.2) is 24.3 Å². The van der Waals surface area contributed by atoms with Crippen molar-refractivity contribution in [3.63, 3.8) is 0 Å². The molecule has 0 saturated heterocycles. The van der Waals surface area contributed by atoms with Gasteiger partial charge in [0.25, 0.3) is 0 Å². The van der Waals surface area contributed by atoms with E-state index >= 15 is 0 Å². The molecule has 2 N–H and O–H groups in total. The maximum Gasteiger partial charge on any atom is 0.326 e. The number of carbonyl (C=O) groups is 2. The maximum atomic E-state index is 12.6. The van der Waals surface area contributed by atoms with Gasteiger partial charge in [-0.2, -0.15) is 5.10 Å². The van der Waals surface area contributed by atoms with Crippen molar-refractivity contribution in [2.75, 3.05) is 0 Å². The van der Waals surface area contributed by atoms with E-state index in [1.807, 2.05) is 38.1 Å². The van der Waals surface area contributed by atoms with Crippen molar-refractivity contribution in [1.82, 2.24) is 15.1 Å². The summed E-state index contributed by atoms with van der Waals surface area (Å²) in [6.45, 7) is 4.26. The molecule has 1 aliphatic heterocycles. The number of aromatic amines is 1. The van der Waals surface area contributed by atoms with E-state index in [2.05, 4.69) is 10.2 Å². The Balaban J connectivity index is 1.75. The number of rotatable bonds is 4. The molecule has 1 aromatic carbocycles. The van der Waals surface area contributed by atoms with E-state index in [0.717, 1.165) is 28.1 Å². The monoisotopic (exact) mass is 327 g/mol. The molecular weight excluding hydrogens is 306 g/mol. The number of hydrogen-bond donors (Lipinski definition) is 2. The maximum absolute atomic E-state index is 12.6. The SMILES string of the molecule is Cc1[nH]nc(CCC(=O)N2Cc3ccccc3C[C@H]2C(=O)O)c1C. The fourth-order valence-corrected chi connectivity index (χ4v) is 3.15. The number of benzene rings is 1. The first kappa shape index (κ1) is 16.2. The highest BCUT2D eigenvalue weighted by molar-refractivity contribution is 5.84. The van der Waals surface area contributed by atoms with Gasteiger partial charge in [0.2, 0.25) is 5.91 Å². The van der Waals surface area contributed by atoms with Crippen LogP contribution < -0.4 is 0 Å². The summed E-state index contributed by atoms with van der Waals surface area (Å²) in [5.41, 5.74) is 4.95. The highest BCUT2D eigenvalue weighted by Gasteiger charge is 2.34. The second-order valence-electron chi connectivity index (χ2n) is 6.27. The van der Waals surface area contributed by atoms with Gasteiger partial charge in [-0.3, -0.25) is 9.89 Å². The number of nitrogens with zero attached hydrogens (tertiary/aromatic N) is 2. The lowest BCUT2D eigenvalue weighted by Gasteiger charge is -2.34. The van der Waals surface area contributed by atoms with Gasteiger partial charge < -0.3 is 10.0 Å². The third-order valence-electron chi connectivity index (χ3n) is 4.78. The molecule has 2 aromatic rings. The predicted octanol–water partition coefficient (Wildman–Crippen LogP) is 2.00. The van der Waals surface area contributed by atoms with Crippen LogP contribution in [-0.2, 0) is 29.0 Å². The van der Waals surface area contributed by atoms with Gasteiger partial charge in [-0.1, -0.05) is 24.3 Å². The zero-order valence-corrected chi connectivity index (χ0v) is 13.9. The quantitative estimate of drug-likeness (QED) is 0.899. The highest BCUT2D eigenvalue weighted by Crippen LogP contribution is 2.24. The van der Waals surface area contributed by atoms with Gasteiger partial charge in [0.15, 0.2) is 0 Å². The molecule has 1 atom stereocenters. The van der Waals surface area contributed by atoms with E-state index in [0.29, 0.717) is 19.4 Å². The molecule has 0 unspecified atom stereocenters. The summed E-state index contributed by atoms with van der Waals surface area (Å²) in [6.07, 6.45) is 1.13. The van der Waals surface area contributed by atoms with Crippen molar-refractivity contribution in [3.8, 4) is 0 Å². The Morgan fingerprint density at radius 1 is 1.29 bits per heavy atom. The summed E-state index contributed by atoms with van der Waals surface area (Å²) in [7, 11) is 0. The van der Waals surface area contributed by atoms with Crippen molar-refractivity contribution in [2.45, 2.75) is 45.7 Å². The van der Waals surface area contributed by atoms with Crippen molar-refractivity contribution in [1.29, 1.82) is 0 Å². The van der Waals surface area contributed by atoms with Crippen molar-refractivity contribution < 1.29 is 14.7 Å². The minimum absolute atomic E-state index is 0.142. The third kappa shape index (κ3) is 3.04. The van der Waals surface area contributed by atoms with Crippen molar-refractivity contribution in [2.24, 2.45) is 0 Å². The van der Waals surface area contributed by atoms with Gasteiger partial charge in [-0.05, 0) is 30.5 Å². The third-order valence-corrected chi connectivity index (χ3v) is 4.78. The number of fused-ring (bicyclic) bond motifs is 1. The van der Waals surface area contributed by atoms with Crippen LogP contribution in [0.4, 0.5) is 0 Å². The Kier molecular flexibility index (Phi) is 4.38. The van der Waals surface area contributed by atoms with Crippen LogP contribution >= 0.6 is 0 Å². The molecular formula is C18H21N3O3. The van der Waals surface area contributed by atoms with Gasteiger partial charge in [0.05, 0.1) is 5.69 Å². The molecule has 126 valence electrons. The Morgan fingerprint density at radius 2 is 2.00 bits per heavy atom. The first-order valence-electron chi connectivity index (χ1n) is 8.07. The van der Waals surface area contributed by atoms with Crippen LogP contribution in [0.5, 0.6) is 0 Å². The number of nitrogens with one attached hydrogen (secondary N) is 1. The number of aromatic nitrogens is 2. The lowest BCUT2D eigenvalue weighted by Crippen LogP contribution is -2.48. The second kappa shape index (κ2) is 6.47. The summed E-state index contributed by atoms with van der Waals surface area (Å²) < 4.78 is 0. The first-order chi connectivity index (χ1) is 11.5. The lowest BCUT2D eigenvalue weighted by molar-refractivity contribution is -0.151. The van der Waals surface area contributed by atoms with Crippen LogP contribution in [0.1, 0.15) is 34.5 Å². The molecule has 0 radical (unpaired) electrons. The van der Waals surface area contributed by atoms with Crippen LogP contribution in [0.2, 0.25) is 0 Å². The summed E-state index contributed by atoms with van der Waals surface area (Å²) in [5.74, 6) is -1.10. The summed E-state index contributed by atoms with van der Waals surface area (Å²) in [6, 6.07) is 6.91. The van der Waals surface area contributed by atoms with Crippen LogP contribution in [-0.4, -0.2) is 38.1 Å². The van der Waals surface area contributed by atoms with Gasteiger partial charge in [-0.15, -0.1) is 0 Å². The number of hydrogen-bond acceptors (Lipinski definition) is 3. The number of aliphatic carboxylic acids is 1. The molecule has 0 spiro atoms. The number of H-pyrrole nitrogens is 1. The van der Waals surface area contributed by atoms with E-state index in [1.165, 1.54) is 4.90 Å². The van der Waals surface area contributed by atoms with E-state index < -0.39 is 12.0 Å². The normalized spacial score (nSPS) is 16.8. The minimum atomic E-state index is -0.954. The van der Waals surface area contributed by atoms with Gasteiger partial charge in [-0.25, -0.2) is 4.79 Å². The average molecular weight is 327 g/mol. The number of aryl methyl sites for hydroxylation is 2. The summed E-state index contributed by atoms with van der Waals surface area (Å²) >= 11 is 0. The van der Waals surface area contributed by atoms with E-state index in [1.54, 1.807) is 0 Å². The molecule has 0 aliphatic carbocycles. The molecule has 0 saturated carbocycles. The fraction of sp³-hybridized carbons (Fsp3) is 0.389. The Bertz CT molecular complexity index is 782. The van der Waals surface area contributed by atoms with E-state index in [9.17, 15) is 14.7 Å². The molecule has 0 bridgehead atoms. The summed E-state index contributed by atoms with van der Waals surface area (Å²) in [4.78, 5) is 25.7. The zero-order chi connectivity index (χ0) is 17.3. The molecule has 6 heteroatoms. The van der Waals surface area contributed by atoms with Crippen molar-refractivity contribution in [3.05, 3.63) is 52.3 Å². The van der Waals surface area contributed by atoms with E-state index in [-0.39, 0.29) is 12.3 Å². The molecule has 1 amide bonds. The van der Waals surface area contributed by atoms with Crippen LogP contribution in [0, 0.1) is 13.8 Å². The van der Waals surface area contributed by atoms with Crippen LogP contribution in [0.25, 0.3) is 0 Å². The Morgan fingerprint density at radius 3 is 2.62 bits per heavy atom. The molecule has 1 aromatic heterocycles. The first-order valence-corrected chi connectivity index (χ1v) is 8.07. The molecule has 1 aliphatic rings. The summed E-state index contributed by atoms with van der Waals surface area (Å²) in [5, 5.41) is 16.6. The molecule has 0 fully saturated rings. The Labute approximate surface area is 140 Å². The second-order valence-corrected chi connectivity index (χ2v) is 6.27. The van der Waals surface area contributed by atoms with Gasteiger partial charge >= 0.3 is 5.97 Å². The number of carboxylic acid groups (broad SMARTS) is 1. The number of amides is 1.